The minimum absolute atomic E-state index is 0.00555. The van der Waals surface area contributed by atoms with Gasteiger partial charge in [0.2, 0.25) is 5.91 Å². The van der Waals surface area contributed by atoms with Crippen molar-refractivity contribution in [2.45, 2.75) is 44.6 Å². The van der Waals surface area contributed by atoms with Gasteiger partial charge >= 0.3 is 0 Å². The Morgan fingerprint density at radius 1 is 1.64 bits per heavy atom. The van der Waals surface area contributed by atoms with Crippen LogP contribution >= 0.6 is 11.8 Å². The first-order valence-corrected chi connectivity index (χ1v) is 6.48. The molecular formula is C10H20N2OS. The second-order valence-electron chi connectivity index (χ2n) is 3.85. The number of nitrogens with zero attached hydrogens (tertiary/aromatic N) is 1. The van der Waals surface area contributed by atoms with Crippen molar-refractivity contribution in [3.05, 3.63) is 0 Å². The Morgan fingerprint density at radius 3 is 2.79 bits per heavy atom. The Bertz CT molecular complexity index is 210. The van der Waals surface area contributed by atoms with Crippen LogP contribution in [0.4, 0.5) is 0 Å². The monoisotopic (exact) mass is 216 g/mol. The second-order valence-corrected chi connectivity index (χ2v) is 5.13. The average molecular weight is 216 g/mol. The van der Waals surface area contributed by atoms with E-state index in [0.29, 0.717) is 5.25 Å². The summed E-state index contributed by atoms with van der Waals surface area (Å²) in [6.45, 7) is 7.07. The van der Waals surface area contributed by atoms with Crippen LogP contribution < -0.4 is 5.32 Å². The van der Waals surface area contributed by atoms with Gasteiger partial charge in [0.1, 0.15) is 0 Å². The maximum Gasteiger partial charge on any atom is 0.240 e. The summed E-state index contributed by atoms with van der Waals surface area (Å²) in [5.74, 6) is 0.248. The van der Waals surface area contributed by atoms with Gasteiger partial charge < -0.3 is 4.90 Å². The van der Waals surface area contributed by atoms with E-state index in [4.69, 9.17) is 0 Å². The highest BCUT2D eigenvalue weighted by atomic mass is 32.2. The van der Waals surface area contributed by atoms with Crippen LogP contribution in [0.15, 0.2) is 0 Å². The van der Waals surface area contributed by atoms with Gasteiger partial charge in [0.15, 0.2) is 0 Å². The summed E-state index contributed by atoms with van der Waals surface area (Å²) in [6, 6.07) is -0.00555. The van der Waals surface area contributed by atoms with Gasteiger partial charge in [-0.3, -0.25) is 10.1 Å². The van der Waals surface area contributed by atoms with Crippen molar-refractivity contribution in [2.75, 3.05) is 12.8 Å². The SMILES string of the molecule is CCC1NC(C)C(=O)N1CC(C)SC. The highest BCUT2D eigenvalue weighted by Crippen LogP contribution is 2.17. The largest absolute Gasteiger partial charge is 0.325 e. The molecule has 1 saturated heterocycles. The Labute approximate surface area is 90.6 Å². The van der Waals surface area contributed by atoms with Crippen LogP contribution in [0, 0.1) is 0 Å². The number of carbonyl (C=O) groups excluding carboxylic acids is 1. The maximum atomic E-state index is 11.8. The molecule has 1 fully saturated rings. The zero-order chi connectivity index (χ0) is 10.7. The van der Waals surface area contributed by atoms with Crippen molar-refractivity contribution in [3.63, 3.8) is 0 Å². The summed E-state index contributed by atoms with van der Waals surface area (Å²) in [4.78, 5) is 13.8. The third-order valence-electron chi connectivity index (χ3n) is 2.71. The lowest BCUT2D eigenvalue weighted by Crippen LogP contribution is -2.40. The van der Waals surface area contributed by atoms with Crippen LogP contribution in [0.3, 0.4) is 0 Å². The molecule has 1 heterocycles. The van der Waals surface area contributed by atoms with Crippen LogP contribution in [-0.2, 0) is 4.79 Å². The molecule has 0 aromatic rings. The number of rotatable bonds is 4. The van der Waals surface area contributed by atoms with Crippen LogP contribution in [-0.4, -0.2) is 41.1 Å². The molecule has 0 radical (unpaired) electrons. The van der Waals surface area contributed by atoms with Gasteiger partial charge in [-0.1, -0.05) is 13.8 Å². The van der Waals surface area contributed by atoms with Crippen molar-refractivity contribution < 1.29 is 4.79 Å². The van der Waals surface area contributed by atoms with Gasteiger partial charge in [-0.2, -0.15) is 11.8 Å². The molecule has 1 aliphatic rings. The third-order valence-corrected chi connectivity index (χ3v) is 3.67. The smallest absolute Gasteiger partial charge is 0.240 e. The van der Waals surface area contributed by atoms with E-state index in [1.54, 1.807) is 11.8 Å². The highest BCUT2D eigenvalue weighted by molar-refractivity contribution is 7.99. The standard InChI is InChI=1S/C10H20N2OS/c1-5-9-11-8(3)10(13)12(9)6-7(2)14-4/h7-9,11H,5-6H2,1-4H3. The maximum absolute atomic E-state index is 11.8. The Balaban J connectivity index is 2.59. The van der Waals surface area contributed by atoms with Gasteiger partial charge in [0.25, 0.3) is 0 Å². The molecule has 0 bridgehead atoms. The summed E-state index contributed by atoms with van der Waals surface area (Å²) in [5, 5.41) is 3.81. The van der Waals surface area contributed by atoms with E-state index in [2.05, 4.69) is 25.4 Å². The van der Waals surface area contributed by atoms with E-state index in [-0.39, 0.29) is 18.1 Å². The normalized spacial score (nSPS) is 29.7. The first-order valence-electron chi connectivity index (χ1n) is 5.19. The van der Waals surface area contributed by atoms with Crippen LogP contribution in [0.2, 0.25) is 0 Å². The number of nitrogens with one attached hydrogen (secondary N) is 1. The summed E-state index contributed by atoms with van der Waals surface area (Å²) < 4.78 is 0. The molecule has 0 spiro atoms. The number of hydrogen-bond acceptors (Lipinski definition) is 3. The molecule has 3 atom stereocenters. The molecule has 1 rings (SSSR count). The predicted octanol–water partition coefficient (Wildman–Crippen LogP) is 1.29. The van der Waals surface area contributed by atoms with Crippen molar-refractivity contribution in [1.82, 2.24) is 10.2 Å². The van der Waals surface area contributed by atoms with Crippen LogP contribution in [0.1, 0.15) is 27.2 Å². The molecule has 82 valence electrons. The zero-order valence-corrected chi connectivity index (χ0v) is 10.2. The molecule has 3 nitrogen and oxygen atoms in total. The van der Waals surface area contributed by atoms with Crippen LogP contribution in [0.5, 0.6) is 0 Å². The van der Waals surface area contributed by atoms with Crippen molar-refractivity contribution >= 4 is 17.7 Å². The fourth-order valence-electron chi connectivity index (χ4n) is 1.76. The summed E-state index contributed by atoms with van der Waals surface area (Å²) in [6.07, 6.45) is 3.31. The molecule has 0 aromatic heterocycles. The molecule has 0 saturated carbocycles. The van der Waals surface area contributed by atoms with Gasteiger partial charge in [-0.25, -0.2) is 0 Å². The fourth-order valence-corrected chi connectivity index (χ4v) is 2.07. The zero-order valence-electron chi connectivity index (χ0n) is 9.41. The van der Waals surface area contributed by atoms with Gasteiger partial charge in [0.05, 0.1) is 12.2 Å². The molecule has 4 heteroatoms. The number of hydrogen-bond donors (Lipinski definition) is 1. The first-order chi connectivity index (χ1) is 6.60. The Morgan fingerprint density at radius 2 is 2.29 bits per heavy atom. The van der Waals surface area contributed by atoms with E-state index >= 15 is 0 Å². The lowest BCUT2D eigenvalue weighted by molar-refractivity contribution is -0.129. The quantitative estimate of drug-likeness (QED) is 0.768. The second kappa shape index (κ2) is 5.03. The number of thioether (sulfide) groups is 1. The molecule has 1 aliphatic heterocycles. The summed E-state index contributed by atoms with van der Waals surface area (Å²) >= 11 is 1.81. The Kier molecular flexibility index (Phi) is 4.26. The first kappa shape index (κ1) is 11.9. The number of amides is 1. The molecule has 0 aliphatic carbocycles. The van der Waals surface area contributed by atoms with E-state index in [1.807, 2.05) is 11.8 Å². The summed E-state index contributed by atoms with van der Waals surface area (Å²) in [7, 11) is 0. The van der Waals surface area contributed by atoms with Crippen molar-refractivity contribution in [2.24, 2.45) is 0 Å². The van der Waals surface area contributed by atoms with Gasteiger partial charge in [0, 0.05) is 11.8 Å². The minimum atomic E-state index is -0.00555. The Hall–Kier alpha value is -0.220. The average Bonchev–Trinajstić information content (AvgIpc) is 2.45. The molecule has 0 aromatic carbocycles. The number of carbonyl (C=O) groups is 1. The molecule has 1 amide bonds. The van der Waals surface area contributed by atoms with Gasteiger partial charge in [-0.05, 0) is 19.6 Å². The van der Waals surface area contributed by atoms with E-state index in [0.717, 1.165) is 13.0 Å². The molecule has 1 N–H and O–H groups in total. The topological polar surface area (TPSA) is 32.3 Å². The van der Waals surface area contributed by atoms with E-state index in [1.165, 1.54) is 0 Å². The molecular weight excluding hydrogens is 196 g/mol. The van der Waals surface area contributed by atoms with Crippen molar-refractivity contribution in [1.29, 1.82) is 0 Å². The fraction of sp³-hybridized carbons (Fsp3) is 0.900. The summed E-state index contributed by atoms with van der Waals surface area (Å²) in [5.41, 5.74) is 0. The van der Waals surface area contributed by atoms with Crippen molar-refractivity contribution in [3.8, 4) is 0 Å². The molecule has 3 unspecified atom stereocenters. The van der Waals surface area contributed by atoms with Gasteiger partial charge in [-0.15, -0.1) is 0 Å². The third kappa shape index (κ3) is 2.42. The highest BCUT2D eigenvalue weighted by Gasteiger charge is 2.35. The lowest BCUT2D eigenvalue weighted by Gasteiger charge is -2.25. The van der Waals surface area contributed by atoms with Crippen LogP contribution in [0.25, 0.3) is 0 Å². The molecule has 14 heavy (non-hydrogen) atoms. The van der Waals surface area contributed by atoms with E-state index in [9.17, 15) is 4.79 Å². The minimum Gasteiger partial charge on any atom is -0.325 e. The lowest BCUT2D eigenvalue weighted by atomic mass is 10.3. The van der Waals surface area contributed by atoms with E-state index < -0.39 is 0 Å². The predicted molar refractivity (Wildman–Crippen MR) is 61.4 cm³/mol.